The molecule has 0 bridgehead atoms. The zero-order valence-electron chi connectivity index (χ0n) is 11.1. The average Bonchev–Trinajstić information content (AvgIpc) is 2.67. The summed E-state index contributed by atoms with van der Waals surface area (Å²) in [6, 6.07) is 4.94. The van der Waals surface area contributed by atoms with E-state index >= 15 is 0 Å². The number of nitro benzene ring substituents is 1. The van der Waals surface area contributed by atoms with Gasteiger partial charge in [0.05, 0.1) is 11.5 Å². The number of nitro groups is 1. The average molecular weight is 265 g/mol. The van der Waals surface area contributed by atoms with Crippen LogP contribution in [-0.4, -0.2) is 43.2 Å². The summed E-state index contributed by atoms with van der Waals surface area (Å²) in [5, 5.41) is 13.9. The van der Waals surface area contributed by atoms with Crippen LogP contribution in [0.15, 0.2) is 18.2 Å². The van der Waals surface area contributed by atoms with Crippen molar-refractivity contribution in [3.8, 4) is 0 Å². The van der Waals surface area contributed by atoms with E-state index in [1.807, 2.05) is 7.05 Å². The summed E-state index contributed by atoms with van der Waals surface area (Å²) in [4.78, 5) is 12.8. The molecule has 2 rings (SSSR count). The molecule has 1 aromatic carbocycles. The van der Waals surface area contributed by atoms with Crippen LogP contribution in [0.2, 0.25) is 0 Å². The molecule has 0 aliphatic carbocycles. The van der Waals surface area contributed by atoms with Gasteiger partial charge in [0.15, 0.2) is 0 Å². The van der Waals surface area contributed by atoms with Gasteiger partial charge in [-0.05, 0) is 18.1 Å². The molecule has 1 fully saturated rings. The fourth-order valence-electron chi connectivity index (χ4n) is 2.27. The number of ether oxygens (including phenoxy) is 1. The lowest BCUT2D eigenvalue weighted by atomic mass is 10.1. The summed E-state index contributed by atoms with van der Waals surface area (Å²) >= 11 is 0. The van der Waals surface area contributed by atoms with E-state index in [4.69, 9.17) is 4.74 Å². The summed E-state index contributed by atoms with van der Waals surface area (Å²) in [7, 11) is 1.83. The SMILES string of the molecule is CNc1ccc([N+](=O)[O-])cc1CN1CCCOCC1. The Morgan fingerprint density at radius 3 is 3.00 bits per heavy atom. The zero-order valence-corrected chi connectivity index (χ0v) is 11.1. The molecule has 0 amide bonds. The van der Waals surface area contributed by atoms with E-state index in [1.54, 1.807) is 12.1 Å². The van der Waals surface area contributed by atoms with Gasteiger partial charge in [0, 0.05) is 51.1 Å². The number of hydrogen-bond donors (Lipinski definition) is 1. The number of benzene rings is 1. The summed E-state index contributed by atoms with van der Waals surface area (Å²) in [6.07, 6.45) is 1.00. The second-order valence-electron chi connectivity index (χ2n) is 4.59. The Kier molecular flexibility index (Phi) is 4.70. The molecule has 1 N–H and O–H groups in total. The maximum atomic E-state index is 10.9. The predicted octanol–water partition coefficient (Wildman–Crippen LogP) is 1.86. The molecule has 0 aromatic heterocycles. The predicted molar refractivity (Wildman–Crippen MR) is 73.4 cm³/mol. The van der Waals surface area contributed by atoms with Gasteiger partial charge in [0.25, 0.3) is 5.69 Å². The minimum absolute atomic E-state index is 0.139. The topological polar surface area (TPSA) is 67.6 Å². The van der Waals surface area contributed by atoms with Crippen molar-refractivity contribution >= 4 is 11.4 Å². The van der Waals surface area contributed by atoms with Crippen molar-refractivity contribution in [2.45, 2.75) is 13.0 Å². The van der Waals surface area contributed by atoms with E-state index < -0.39 is 0 Å². The number of anilines is 1. The molecule has 1 aromatic rings. The molecule has 6 heteroatoms. The van der Waals surface area contributed by atoms with Gasteiger partial charge in [-0.15, -0.1) is 0 Å². The third-order valence-electron chi connectivity index (χ3n) is 3.28. The summed E-state index contributed by atoms with van der Waals surface area (Å²) in [5.41, 5.74) is 2.04. The second kappa shape index (κ2) is 6.49. The molecule has 19 heavy (non-hydrogen) atoms. The fourth-order valence-corrected chi connectivity index (χ4v) is 2.27. The third-order valence-corrected chi connectivity index (χ3v) is 3.28. The molecular formula is C13H19N3O3. The minimum atomic E-state index is -0.353. The maximum Gasteiger partial charge on any atom is 0.269 e. The first kappa shape index (κ1) is 13.8. The van der Waals surface area contributed by atoms with Crippen molar-refractivity contribution in [3.05, 3.63) is 33.9 Å². The maximum absolute atomic E-state index is 10.9. The van der Waals surface area contributed by atoms with E-state index in [-0.39, 0.29) is 10.6 Å². The highest BCUT2D eigenvalue weighted by Crippen LogP contribution is 2.23. The van der Waals surface area contributed by atoms with Crippen LogP contribution in [0, 0.1) is 10.1 Å². The molecule has 0 atom stereocenters. The Labute approximate surface area is 112 Å². The highest BCUT2D eigenvalue weighted by Gasteiger charge is 2.14. The standard InChI is InChI=1S/C13H19N3O3/c1-14-13-4-3-12(16(17)18)9-11(13)10-15-5-2-7-19-8-6-15/h3-4,9,14H,2,5-8,10H2,1H3. The molecule has 1 aliphatic rings. The zero-order chi connectivity index (χ0) is 13.7. The third kappa shape index (κ3) is 3.65. The van der Waals surface area contributed by atoms with Crippen LogP contribution >= 0.6 is 0 Å². The van der Waals surface area contributed by atoms with Gasteiger partial charge < -0.3 is 10.1 Å². The Morgan fingerprint density at radius 2 is 2.26 bits per heavy atom. The van der Waals surface area contributed by atoms with E-state index in [2.05, 4.69) is 10.2 Å². The molecule has 104 valence electrons. The van der Waals surface area contributed by atoms with Crippen LogP contribution in [0.3, 0.4) is 0 Å². The highest BCUT2D eigenvalue weighted by atomic mass is 16.6. The van der Waals surface area contributed by atoms with E-state index in [0.29, 0.717) is 6.54 Å². The van der Waals surface area contributed by atoms with E-state index in [9.17, 15) is 10.1 Å². The summed E-state index contributed by atoms with van der Waals surface area (Å²) in [5.74, 6) is 0. The van der Waals surface area contributed by atoms with Crippen LogP contribution in [0.5, 0.6) is 0 Å². The van der Waals surface area contributed by atoms with Crippen LogP contribution < -0.4 is 5.32 Å². The molecule has 1 aliphatic heterocycles. The Balaban J connectivity index is 2.16. The van der Waals surface area contributed by atoms with E-state index in [1.165, 1.54) is 6.07 Å². The van der Waals surface area contributed by atoms with Gasteiger partial charge in [0.1, 0.15) is 0 Å². The van der Waals surface area contributed by atoms with Crippen molar-refractivity contribution in [2.75, 3.05) is 38.7 Å². The normalized spacial score (nSPS) is 16.9. The molecule has 1 heterocycles. The van der Waals surface area contributed by atoms with Gasteiger partial charge in [-0.2, -0.15) is 0 Å². The van der Waals surface area contributed by atoms with Crippen molar-refractivity contribution in [2.24, 2.45) is 0 Å². The molecule has 0 unspecified atom stereocenters. The van der Waals surface area contributed by atoms with Gasteiger partial charge in [-0.3, -0.25) is 15.0 Å². The smallest absolute Gasteiger partial charge is 0.269 e. The van der Waals surface area contributed by atoms with Crippen molar-refractivity contribution in [1.82, 2.24) is 4.90 Å². The number of hydrogen-bond acceptors (Lipinski definition) is 5. The Bertz CT molecular complexity index is 443. The minimum Gasteiger partial charge on any atom is -0.388 e. The van der Waals surface area contributed by atoms with Gasteiger partial charge in [0.2, 0.25) is 0 Å². The molecule has 1 saturated heterocycles. The van der Waals surface area contributed by atoms with Gasteiger partial charge in [-0.1, -0.05) is 0 Å². The molecule has 0 radical (unpaired) electrons. The number of non-ortho nitro benzene ring substituents is 1. The second-order valence-corrected chi connectivity index (χ2v) is 4.59. The first-order valence-electron chi connectivity index (χ1n) is 6.46. The van der Waals surface area contributed by atoms with Crippen LogP contribution in [0.25, 0.3) is 0 Å². The van der Waals surface area contributed by atoms with Gasteiger partial charge in [-0.25, -0.2) is 0 Å². The van der Waals surface area contributed by atoms with E-state index in [0.717, 1.165) is 44.0 Å². The Morgan fingerprint density at radius 1 is 1.42 bits per heavy atom. The number of nitrogens with zero attached hydrogens (tertiary/aromatic N) is 2. The largest absolute Gasteiger partial charge is 0.388 e. The first-order valence-corrected chi connectivity index (χ1v) is 6.46. The summed E-state index contributed by atoms with van der Waals surface area (Å²) in [6.45, 7) is 4.06. The lowest BCUT2D eigenvalue weighted by Crippen LogP contribution is -2.26. The number of nitrogens with one attached hydrogen (secondary N) is 1. The molecule has 0 saturated carbocycles. The first-order chi connectivity index (χ1) is 9.20. The van der Waals surface area contributed by atoms with Crippen LogP contribution in [0.4, 0.5) is 11.4 Å². The van der Waals surface area contributed by atoms with Crippen molar-refractivity contribution in [3.63, 3.8) is 0 Å². The number of rotatable bonds is 4. The van der Waals surface area contributed by atoms with Crippen molar-refractivity contribution < 1.29 is 9.66 Å². The van der Waals surface area contributed by atoms with Gasteiger partial charge >= 0.3 is 0 Å². The van der Waals surface area contributed by atoms with Crippen LogP contribution in [-0.2, 0) is 11.3 Å². The molecular weight excluding hydrogens is 246 g/mol. The molecule has 0 spiro atoms. The highest BCUT2D eigenvalue weighted by molar-refractivity contribution is 5.55. The monoisotopic (exact) mass is 265 g/mol. The lowest BCUT2D eigenvalue weighted by molar-refractivity contribution is -0.384. The Hall–Kier alpha value is -1.66. The quantitative estimate of drug-likeness (QED) is 0.665. The van der Waals surface area contributed by atoms with Crippen molar-refractivity contribution in [1.29, 1.82) is 0 Å². The lowest BCUT2D eigenvalue weighted by Gasteiger charge is -2.20. The summed E-state index contributed by atoms with van der Waals surface area (Å²) < 4.78 is 5.42. The fraction of sp³-hybridized carbons (Fsp3) is 0.538. The van der Waals surface area contributed by atoms with Crippen LogP contribution in [0.1, 0.15) is 12.0 Å². The molecule has 6 nitrogen and oxygen atoms in total.